The summed E-state index contributed by atoms with van der Waals surface area (Å²) in [6, 6.07) is 0.573. The van der Waals surface area contributed by atoms with Crippen LogP contribution >= 0.6 is 11.3 Å². The molecule has 30 heavy (non-hydrogen) atoms. The first-order chi connectivity index (χ1) is 14.5. The second-order valence-electron chi connectivity index (χ2n) is 9.44. The van der Waals surface area contributed by atoms with Gasteiger partial charge in [-0.1, -0.05) is 12.8 Å². The molecule has 1 N–H and O–H groups in total. The van der Waals surface area contributed by atoms with Crippen LogP contribution in [0.3, 0.4) is 0 Å². The molecule has 1 aliphatic heterocycles. The summed E-state index contributed by atoms with van der Waals surface area (Å²) in [5, 5.41) is 4.01. The number of nitrogens with zero attached hydrogens (tertiary/aromatic N) is 3. The van der Waals surface area contributed by atoms with Gasteiger partial charge >= 0.3 is 0 Å². The normalized spacial score (nSPS) is 21.5. The largest absolute Gasteiger partial charge is 0.352 e. The van der Waals surface area contributed by atoms with E-state index in [1.165, 1.54) is 17.7 Å². The summed E-state index contributed by atoms with van der Waals surface area (Å²) in [4.78, 5) is 35.2. The Labute approximate surface area is 181 Å². The number of carbonyl (C=O) groups is 1. The van der Waals surface area contributed by atoms with Gasteiger partial charge in [0.05, 0.1) is 11.9 Å². The van der Waals surface area contributed by atoms with Crippen molar-refractivity contribution in [2.75, 3.05) is 19.6 Å². The van der Waals surface area contributed by atoms with E-state index in [1.54, 1.807) is 11.3 Å². The Morgan fingerprint density at radius 3 is 2.47 bits per heavy atom. The summed E-state index contributed by atoms with van der Waals surface area (Å²) in [5.41, 5.74) is 1.24. The molecule has 0 aromatic carbocycles. The summed E-state index contributed by atoms with van der Waals surface area (Å²) in [5.74, 6) is 1.61. The number of aromatic nitrogens is 2. The zero-order chi connectivity index (χ0) is 20.8. The number of piperidine rings is 1. The smallest absolute Gasteiger partial charge is 0.262 e. The molecule has 0 spiro atoms. The molecule has 0 radical (unpaired) electrons. The van der Waals surface area contributed by atoms with Gasteiger partial charge in [0.25, 0.3) is 5.56 Å². The number of hydrogen-bond acceptors (Lipinski definition) is 5. The highest BCUT2D eigenvalue weighted by molar-refractivity contribution is 7.18. The van der Waals surface area contributed by atoms with Gasteiger partial charge in [-0.15, -0.1) is 11.3 Å². The lowest BCUT2D eigenvalue weighted by molar-refractivity contribution is -0.123. The van der Waals surface area contributed by atoms with Crippen LogP contribution < -0.4 is 10.9 Å². The van der Waals surface area contributed by atoms with E-state index in [0.29, 0.717) is 18.5 Å². The van der Waals surface area contributed by atoms with Gasteiger partial charge in [-0.2, -0.15) is 0 Å². The van der Waals surface area contributed by atoms with Crippen molar-refractivity contribution in [1.29, 1.82) is 0 Å². The number of carbonyl (C=O) groups excluding carboxylic acids is 1. The number of thiophene rings is 1. The maximum Gasteiger partial charge on any atom is 0.262 e. The van der Waals surface area contributed by atoms with Crippen LogP contribution in [0, 0.1) is 13.8 Å². The van der Waals surface area contributed by atoms with Crippen LogP contribution in [0.2, 0.25) is 0 Å². The van der Waals surface area contributed by atoms with E-state index < -0.39 is 0 Å². The van der Waals surface area contributed by atoms with E-state index in [9.17, 15) is 9.59 Å². The van der Waals surface area contributed by atoms with Crippen molar-refractivity contribution in [3.63, 3.8) is 0 Å². The van der Waals surface area contributed by atoms with Gasteiger partial charge < -0.3 is 5.32 Å². The molecule has 3 aliphatic rings. The van der Waals surface area contributed by atoms with E-state index in [4.69, 9.17) is 4.98 Å². The Morgan fingerprint density at radius 2 is 1.80 bits per heavy atom. The molecule has 6 nitrogen and oxygen atoms in total. The minimum Gasteiger partial charge on any atom is -0.352 e. The summed E-state index contributed by atoms with van der Waals surface area (Å²) in [6.45, 7) is 6.33. The van der Waals surface area contributed by atoms with E-state index in [1.807, 2.05) is 11.5 Å². The van der Waals surface area contributed by atoms with Gasteiger partial charge in [0.1, 0.15) is 10.7 Å². The fraction of sp³-hybridized carbons (Fsp3) is 0.696. The van der Waals surface area contributed by atoms with Gasteiger partial charge in [-0.25, -0.2) is 4.98 Å². The lowest BCUT2D eigenvalue weighted by atomic mass is 10.0. The van der Waals surface area contributed by atoms with Crippen molar-refractivity contribution in [3.8, 4) is 0 Å². The number of amides is 1. The summed E-state index contributed by atoms with van der Waals surface area (Å²) in [6.07, 6.45) is 8.81. The van der Waals surface area contributed by atoms with Gasteiger partial charge in [0, 0.05) is 36.0 Å². The van der Waals surface area contributed by atoms with Crippen molar-refractivity contribution < 1.29 is 4.79 Å². The highest BCUT2D eigenvalue weighted by Crippen LogP contribution is 2.41. The molecular weight excluding hydrogens is 396 g/mol. The highest BCUT2D eigenvalue weighted by atomic mass is 32.1. The van der Waals surface area contributed by atoms with Gasteiger partial charge in [-0.05, 0) is 57.9 Å². The standard InChI is InChI=1S/C23H32N4O2S/c1-14-15(2)30-22-20(14)23(29)27(21(25-22)16-7-8-16)18-9-11-26(12-10-18)13-19(28)24-17-5-3-4-6-17/h16-18H,3-13H2,1-2H3,(H,24,28). The van der Waals surface area contributed by atoms with Gasteiger partial charge in [0.15, 0.2) is 0 Å². The average Bonchev–Trinajstić information content (AvgIpc) is 3.37. The quantitative estimate of drug-likeness (QED) is 0.789. The first kappa shape index (κ1) is 20.2. The number of rotatable bonds is 5. The van der Waals surface area contributed by atoms with Crippen LogP contribution in [0.15, 0.2) is 4.79 Å². The fourth-order valence-corrected chi connectivity index (χ4v) is 6.21. The van der Waals surface area contributed by atoms with E-state index >= 15 is 0 Å². The van der Waals surface area contributed by atoms with E-state index in [2.05, 4.69) is 17.1 Å². The summed E-state index contributed by atoms with van der Waals surface area (Å²) in [7, 11) is 0. The molecule has 162 valence electrons. The minimum absolute atomic E-state index is 0.154. The minimum atomic E-state index is 0.154. The SMILES string of the molecule is Cc1sc2nc(C3CC3)n(C3CCN(CC(=O)NC4CCCC4)CC3)c(=O)c2c1C. The monoisotopic (exact) mass is 428 g/mol. The fourth-order valence-electron chi connectivity index (χ4n) is 5.19. The second kappa shape index (κ2) is 8.08. The van der Waals surface area contributed by atoms with Crippen LogP contribution in [0.5, 0.6) is 0 Å². The molecule has 2 saturated carbocycles. The molecule has 5 rings (SSSR count). The Kier molecular flexibility index (Phi) is 5.44. The Balaban J connectivity index is 1.31. The molecule has 2 aromatic heterocycles. The summed E-state index contributed by atoms with van der Waals surface area (Å²) >= 11 is 1.65. The predicted molar refractivity (Wildman–Crippen MR) is 120 cm³/mol. The predicted octanol–water partition coefficient (Wildman–Crippen LogP) is 3.65. The van der Waals surface area contributed by atoms with Crippen LogP contribution in [0.4, 0.5) is 0 Å². The first-order valence-corrected chi connectivity index (χ1v) is 12.4. The molecular formula is C23H32N4O2S. The van der Waals surface area contributed by atoms with Gasteiger partial charge in [0.2, 0.25) is 5.91 Å². The third kappa shape index (κ3) is 3.82. The first-order valence-electron chi connectivity index (χ1n) is 11.5. The Bertz CT molecular complexity index is 1010. The van der Waals surface area contributed by atoms with Crippen molar-refractivity contribution >= 4 is 27.5 Å². The third-order valence-corrected chi connectivity index (χ3v) is 8.32. The molecule has 7 heteroatoms. The summed E-state index contributed by atoms with van der Waals surface area (Å²) < 4.78 is 2.04. The van der Waals surface area contributed by atoms with E-state index in [0.717, 1.165) is 73.2 Å². The van der Waals surface area contributed by atoms with Crippen molar-refractivity contribution in [2.24, 2.45) is 0 Å². The molecule has 0 unspecified atom stereocenters. The maximum atomic E-state index is 13.5. The Morgan fingerprint density at radius 1 is 1.10 bits per heavy atom. The lowest BCUT2D eigenvalue weighted by Crippen LogP contribution is -2.45. The molecule has 3 fully saturated rings. The molecule has 3 heterocycles. The Hall–Kier alpha value is -1.73. The van der Waals surface area contributed by atoms with Crippen molar-refractivity contribution in [3.05, 3.63) is 26.6 Å². The van der Waals surface area contributed by atoms with Crippen LogP contribution in [0.1, 0.15) is 79.6 Å². The zero-order valence-electron chi connectivity index (χ0n) is 18.1. The number of hydrogen-bond donors (Lipinski definition) is 1. The average molecular weight is 429 g/mol. The molecule has 2 aromatic rings. The molecule has 0 atom stereocenters. The van der Waals surface area contributed by atoms with Gasteiger partial charge in [-0.3, -0.25) is 19.1 Å². The molecule has 1 saturated heterocycles. The molecule has 2 aliphatic carbocycles. The van der Waals surface area contributed by atoms with Crippen LogP contribution in [-0.2, 0) is 4.79 Å². The third-order valence-electron chi connectivity index (χ3n) is 7.21. The molecule has 0 bridgehead atoms. The number of nitrogens with one attached hydrogen (secondary N) is 1. The number of aryl methyl sites for hydroxylation is 2. The second-order valence-corrected chi connectivity index (χ2v) is 10.6. The van der Waals surface area contributed by atoms with Crippen molar-refractivity contribution in [2.45, 2.75) is 83.2 Å². The van der Waals surface area contributed by atoms with E-state index in [-0.39, 0.29) is 17.5 Å². The van der Waals surface area contributed by atoms with Crippen molar-refractivity contribution in [1.82, 2.24) is 19.8 Å². The topological polar surface area (TPSA) is 67.2 Å². The maximum absolute atomic E-state index is 13.5. The molecule has 1 amide bonds. The lowest BCUT2D eigenvalue weighted by Gasteiger charge is -2.33. The number of likely N-dealkylation sites (tertiary alicyclic amines) is 1. The number of fused-ring (bicyclic) bond motifs is 1. The van der Waals surface area contributed by atoms with Crippen LogP contribution in [-0.4, -0.2) is 46.0 Å². The highest BCUT2D eigenvalue weighted by Gasteiger charge is 2.34. The zero-order valence-corrected chi connectivity index (χ0v) is 18.9. The van der Waals surface area contributed by atoms with Crippen LogP contribution in [0.25, 0.3) is 10.2 Å².